The maximum Gasteiger partial charge on any atom is 0.287 e. The van der Waals surface area contributed by atoms with E-state index in [1.807, 2.05) is 25.1 Å². The fourth-order valence-electron chi connectivity index (χ4n) is 3.16. The van der Waals surface area contributed by atoms with E-state index in [9.17, 15) is 4.79 Å². The standard InChI is InChI=1S/C21H20ClN5O3/c1-12-14-10-13(26-20-18-15(24-11-25-20)5-7-17(22)27-18)4-6-16(14)30-19(12)21(28)23-8-3-9-29-2/h4-7,10-11H,3,8-9H2,1-2H3,(H,23,28)(H,24,25,26). The van der Waals surface area contributed by atoms with Gasteiger partial charge in [-0.3, -0.25) is 4.79 Å². The summed E-state index contributed by atoms with van der Waals surface area (Å²) in [6.45, 7) is 2.97. The number of hydrogen-bond acceptors (Lipinski definition) is 7. The first-order valence-corrected chi connectivity index (χ1v) is 9.79. The quantitative estimate of drug-likeness (QED) is 0.337. The van der Waals surface area contributed by atoms with Gasteiger partial charge in [0.2, 0.25) is 0 Å². The highest BCUT2D eigenvalue weighted by Crippen LogP contribution is 2.30. The normalized spacial score (nSPS) is 11.2. The minimum atomic E-state index is -0.241. The predicted octanol–water partition coefficient (Wildman–Crippen LogP) is 4.24. The summed E-state index contributed by atoms with van der Waals surface area (Å²) in [7, 11) is 1.63. The molecule has 3 aromatic heterocycles. The lowest BCUT2D eigenvalue weighted by Crippen LogP contribution is -2.25. The Labute approximate surface area is 177 Å². The van der Waals surface area contributed by atoms with Crippen LogP contribution in [0.1, 0.15) is 22.5 Å². The predicted molar refractivity (Wildman–Crippen MR) is 115 cm³/mol. The van der Waals surface area contributed by atoms with Crippen molar-refractivity contribution in [3.8, 4) is 0 Å². The Balaban J connectivity index is 1.61. The van der Waals surface area contributed by atoms with Crippen LogP contribution < -0.4 is 10.6 Å². The van der Waals surface area contributed by atoms with Gasteiger partial charge in [-0.1, -0.05) is 11.6 Å². The number of benzene rings is 1. The van der Waals surface area contributed by atoms with Crippen molar-refractivity contribution in [2.45, 2.75) is 13.3 Å². The first kappa shape index (κ1) is 20.1. The summed E-state index contributed by atoms with van der Waals surface area (Å²) in [6.07, 6.45) is 2.20. The molecule has 2 N–H and O–H groups in total. The number of amides is 1. The monoisotopic (exact) mass is 425 g/mol. The van der Waals surface area contributed by atoms with Gasteiger partial charge >= 0.3 is 0 Å². The SMILES string of the molecule is COCCCNC(=O)c1oc2ccc(Nc3ncnc4ccc(Cl)nc34)cc2c1C. The number of pyridine rings is 1. The third-order valence-corrected chi connectivity index (χ3v) is 4.87. The van der Waals surface area contributed by atoms with Crippen LogP contribution in [0, 0.1) is 6.92 Å². The van der Waals surface area contributed by atoms with Gasteiger partial charge in [-0.05, 0) is 43.7 Å². The average molecular weight is 426 g/mol. The van der Waals surface area contributed by atoms with Crippen molar-refractivity contribution >= 4 is 51.0 Å². The van der Waals surface area contributed by atoms with E-state index in [2.05, 4.69) is 25.6 Å². The Hall–Kier alpha value is -3.23. The molecule has 0 saturated carbocycles. The topological polar surface area (TPSA) is 102 Å². The van der Waals surface area contributed by atoms with Crippen molar-refractivity contribution in [3.63, 3.8) is 0 Å². The van der Waals surface area contributed by atoms with Crippen LogP contribution in [-0.4, -0.2) is 41.1 Å². The number of anilines is 2. The van der Waals surface area contributed by atoms with Crippen LogP contribution in [0.3, 0.4) is 0 Å². The first-order valence-electron chi connectivity index (χ1n) is 9.41. The lowest BCUT2D eigenvalue weighted by atomic mass is 10.1. The summed E-state index contributed by atoms with van der Waals surface area (Å²) in [5, 5.41) is 7.30. The summed E-state index contributed by atoms with van der Waals surface area (Å²) in [4.78, 5) is 25.3. The molecule has 0 bridgehead atoms. The van der Waals surface area contributed by atoms with E-state index in [4.69, 9.17) is 20.8 Å². The van der Waals surface area contributed by atoms with E-state index in [1.54, 1.807) is 19.2 Å². The molecule has 0 unspecified atom stereocenters. The molecule has 4 rings (SSSR count). The second kappa shape index (κ2) is 8.64. The highest BCUT2D eigenvalue weighted by Gasteiger charge is 2.18. The van der Waals surface area contributed by atoms with Crippen molar-refractivity contribution in [2.75, 3.05) is 25.6 Å². The second-order valence-corrected chi connectivity index (χ2v) is 7.11. The van der Waals surface area contributed by atoms with E-state index >= 15 is 0 Å². The highest BCUT2D eigenvalue weighted by atomic mass is 35.5. The van der Waals surface area contributed by atoms with Crippen LogP contribution in [0.25, 0.3) is 22.0 Å². The van der Waals surface area contributed by atoms with Crippen molar-refractivity contribution in [2.24, 2.45) is 0 Å². The molecular weight excluding hydrogens is 406 g/mol. The van der Waals surface area contributed by atoms with Crippen molar-refractivity contribution < 1.29 is 13.9 Å². The van der Waals surface area contributed by atoms with Gasteiger partial charge in [0.25, 0.3) is 5.91 Å². The minimum absolute atomic E-state index is 0.241. The molecule has 0 atom stereocenters. The van der Waals surface area contributed by atoms with E-state index in [-0.39, 0.29) is 5.91 Å². The molecule has 8 nitrogen and oxygen atoms in total. The highest BCUT2D eigenvalue weighted by molar-refractivity contribution is 6.29. The number of rotatable bonds is 7. The molecule has 0 aliphatic heterocycles. The lowest BCUT2D eigenvalue weighted by molar-refractivity contribution is 0.0922. The van der Waals surface area contributed by atoms with Crippen molar-refractivity contribution in [1.82, 2.24) is 20.3 Å². The fraction of sp³-hybridized carbons (Fsp3) is 0.238. The maximum absolute atomic E-state index is 12.5. The molecule has 0 spiro atoms. The van der Waals surface area contributed by atoms with Gasteiger partial charge in [-0.15, -0.1) is 0 Å². The Morgan fingerprint density at radius 1 is 1.23 bits per heavy atom. The van der Waals surface area contributed by atoms with Gasteiger partial charge in [0.1, 0.15) is 22.6 Å². The zero-order valence-electron chi connectivity index (χ0n) is 16.5. The molecule has 30 heavy (non-hydrogen) atoms. The number of aryl methyl sites for hydroxylation is 1. The Morgan fingerprint density at radius 3 is 2.93 bits per heavy atom. The van der Waals surface area contributed by atoms with Gasteiger partial charge < -0.3 is 19.8 Å². The van der Waals surface area contributed by atoms with Gasteiger partial charge in [0.05, 0.1) is 5.52 Å². The molecule has 0 saturated heterocycles. The Morgan fingerprint density at radius 2 is 2.10 bits per heavy atom. The molecule has 1 aromatic carbocycles. The number of carbonyl (C=O) groups is 1. The fourth-order valence-corrected chi connectivity index (χ4v) is 3.31. The zero-order valence-corrected chi connectivity index (χ0v) is 17.3. The molecule has 1 amide bonds. The van der Waals surface area contributed by atoms with E-state index in [1.165, 1.54) is 6.33 Å². The molecular formula is C21H20ClN5O3. The second-order valence-electron chi connectivity index (χ2n) is 6.72. The number of fused-ring (bicyclic) bond motifs is 2. The number of aromatic nitrogens is 3. The average Bonchev–Trinajstić information content (AvgIpc) is 3.08. The van der Waals surface area contributed by atoms with Crippen LogP contribution in [0.5, 0.6) is 0 Å². The summed E-state index contributed by atoms with van der Waals surface area (Å²) in [5.74, 6) is 0.606. The van der Waals surface area contributed by atoms with E-state index in [0.29, 0.717) is 46.5 Å². The number of halogens is 1. The third kappa shape index (κ3) is 4.05. The van der Waals surface area contributed by atoms with Crippen LogP contribution in [0.2, 0.25) is 5.15 Å². The Kier molecular flexibility index (Phi) is 5.78. The summed E-state index contributed by atoms with van der Waals surface area (Å²) >= 11 is 6.03. The number of furan rings is 1. The number of carbonyl (C=O) groups excluding carboxylic acids is 1. The number of hydrogen-bond donors (Lipinski definition) is 2. The molecule has 3 heterocycles. The van der Waals surface area contributed by atoms with Gasteiger partial charge in [0.15, 0.2) is 11.6 Å². The first-order chi connectivity index (χ1) is 14.6. The van der Waals surface area contributed by atoms with Crippen LogP contribution in [0.4, 0.5) is 11.5 Å². The Bertz CT molecular complexity index is 1220. The molecule has 0 fully saturated rings. The number of nitrogens with zero attached hydrogens (tertiary/aromatic N) is 3. The maximum atomic E-state index is 12.5. The van der Waals surface area contributed by atoms with E-state index in [0.717, 1.165) is 23.1 Å². The third-order valence-electron chi connectivity index (χ3n) is 4.66. The smallest absolute Gasteiger partial charge is 0.287 e. The largest absolute Gasteiger partial charge is 0.451 e. The molecule has 4 aromatic rings. The molecule has 154 valence electrons. The van der Waals surface area contributed by atoms with Crippen molar-refractivity contribution in [3.05, 3.63) is 53.1 Å². The number of ether oxygens (including phenoxy) is 1. The summed E-state index contributed by atoms with van der Waals surface area (Å²) < 4.78 is 10.8. The van der Waals surface area contributed by atoms with Crippen LogP contribution in [0.15, 0.2) is 41.1 Å². The van der Waals surface area contributed by atoms with Gasteiger partial charge in [-0.2, -0.15) is 0 Å². The zero-order chi connectivity index (χ0) is 21.1. The molecule has 9 heteroatoms. The molecule has 0 aliphatic carbocycles. The van der Waals surface area contributed by atoms with Gasteiger partial charge in [-0.25, -0.2) is 15.0 Å². The minimum Gasteiger partial charge on any atom is -0.451 e. The number of methoxy groups -OCH3 is 1. The van der Waals surface area contributed by atoms with Gasteiger partial charge in [0, 0.05) is 36.9 Å². The summed E-state index contributed by atoms with van der Waals surface area (Å²) in [6, 6.07) is 9.05. The lowest BCUT2D eigenvalue weighted by Gasteiger charge is -2.08. The van der Waals surface area contributed by atoms with E-state index < -0.39 is 0 Å². The summed E-state index contributed by atoms with van der Waals surface area (Å²) in [5.41, 5.74) is 3.44. The van der Waals surface area contributed by atoms with Crippen LogP contribution >= 0.6 is 11.6 Å². The number of nitrogens with one attached hydrogen (secondary N) is 2. The molecule has 0 aliphatic rings. The molecule has 0 radical (unpaired) electrons. The van der Waals surface area contributed by atoms with Crippen molar-refractivity contribution in [1.29, 1.82) is 0 Å². The van der Waals surface area contributed by atoms with Crippen LogP contribution in [-0.2, 0) is 4.74 Å².